The van der Waals surface area contributed by atoms with Gasteiger partial charge in [-0.15, -0.1) is 0 Å². The van der Waals surface area contributed by atoms with Crippen LogP contribution in [0.25, 0.3) is 0 Å². The molecule has 0 aromatic carbocycles. The average Bonchev–Trinajstić information content (AvgIpc) is 2.69. The van der Waals surface area contributed by atoms with Crippen molar-refractivity contribution < 1.29 is 14.7 Å². The van der Waals surface area contributed by atoms with Gasteiger partial charge in [-0.3, -0.25) is 9.59 Å². The minimum Gasteiger partial charge on any atom is -0.481 e. The highest BCUT2D eigenvalue weighted by molar-refractivity contribution is 5.93. The van der Waals surface area contributed by atoms with E-state index in [1.165, 1.54) is 0 Å². The predicted octanol–water partition coefficient (Wildman–Crippen LogP) is 0.794. The van der Waals surface area contributed by atoms with Gasteiger partial charge in [-0.1, -0.05) is 12.8 Å². The van der Waals surface area contributed by atoms with Crippen molar-refractivity contribution in [2.45, 2.75) is 38.1 Å². The number of likely N-dealkylation sites (N-methyl/N-ethyl adjacent to an activating group) is 1. The van der Waals surface area contributed by atoms with Gasteiger partial charge in [-0.05, 0) is 26.9 Å². The molecule has 0 atom stereocenters. The van der Waals surface area contributed by atoms with E-state index in [0.717, 1.165) is 32.2 Å². The van der Waals surface area contributed by atoms with E-state index in [1.807, 2.05) is 19.0 Å². The van der Waals surface area contributed by atoms with Gasteiger partial charge in [0, 0.05) is 19.1 Å². The van der Waals surface area contributed by atoms with Crippen LogP contribution in [0.1, 0.15) is 32.1 Å². The first kappa shape index (κ1) is 14.0. The number of carboxylic acid groups (broad SMARTS) is 1. The fourth-order valence-electron chi connectivity index (χ4n) is 2.27. The summed E-state index contributed by atoms with van der Waals surface area (Å²) in [6, 6.07) is 0.252. The third kappa shape index (κ3) is 4.73. The van der Waals surface area contributed by atoms with E-state index in [9.17, 15) is 9.59 Å². The second-order valence-corrected chi connectivity index (χ2v) is 4.90. The first-order valence-corrected chi connectivity index (χ1v) is 6.16. The fourth-order valence-corrected chi connectivity index (χ4v) is 2.27. The Balaban J connectivity index is 2.56. The molecule has 1 fully saturated rings. The zero-order valence-corrected chi connectivity index (χ0v) is 10.7. The highest BCUT2D eigenvalue weighted by Crippen LogP contribution is 2.23. The summed E-state index contributed by atoms with van der Waals surface area (Å²) >= 11 is 0. The highest BCUT2D eigenvalue weighted by atomic mass is 16.4. The molecular weight excluding hydrogens is 220 g/mol. The Morgan fingerprint density at radius 3 is 2.24 bits per heavy atom. The molecule has 0 aromatic heterocycles. The maximum absolute atomic E-state index is 11.9. The summed E-state index contributed by atoms with van der Waals surface area (Å²) in [6.07, 6.45) is 3.93. The van der Waals surface area contributed by atoms with Gasteiger partial charge in [-0.2, -0.15) is 0 Å². The molecular formula is C12H22N2O3. The van der Waals surface area contributed by atoms with Crippen molar-refractivity contribution in [3.05, 3.63) is 0 Å². The van der Waals surface area contributed by atoms with Crippen LogP contribution < -0.4 is 0 Å². The topological polar surface area (TPSA) is 60.9 Å². The number of nitrogens with zero attached hydrogens (tertiary/aromatic N) is 2. The maximum atomic E-state index is 11.9. The summed E-state index contributed by atoms with van der Waals surface area (Å²) in [5.74, 6) is -1.28. The number of carbonyl (C=O) groups is 2. The second kappa shape index (κ2) is 6.59. The zero-order valence-electron chi connectivity index (χ0n) is 10.7. The second-order valence-electron chi connectivity index (χ2n) is 4.90. The Bertz CT molecular complexity index is 273. The summed E-state index contributed by atoms with van der Waals surface area (Å²) in [5.41, 5.74) is 0. The minimum atomic E-state index is -1.04. The third-order valence-electron chi connectivity index (χ3n) is 3.18. The van der Waals surface area contributed by atoms with Gasteiger partial charge in [0.15, 0.2) is 0 Å². The van der Waals surface area contributed by atoms with Crippen molar-refractivity contribution >= 4 is 11.9 Å². The number of hydrogen-bond acceptors (Lipinski definition) is 3. The van der Waals surface area contributed by atoms with Crippen LogP contribution in [0.15, 0.2) is 0 Å². The van der Waals surface area contributed by atoms with E-state index in [1.54, 1.807) is 4.90 Å². The molecule has 0 bridgehead atoms. The number of carboxylic acids is 1. The van der Waals surface area contributed by atoms with E-state index in [0.29, 0.717) is 6.54 Å². The number of aliphatic carboxylic acids is 1. The lowest BCUT2D eigenvalue weighted by atomic mass is 10.2. The zero-order chi connectivity index (χ0) is 12.8. The number of rotatable bonds is 6. The lowest BCUT2D eigenvalue weighted by Crippen LogP contribution is -2.43. The van der Waals surface area contributed by atoms with Crippen molar-refractivity contribution in [1.82, 2.24) is 9.80 Å². The quantitative estimate of drug-likeness (QED) is 0.700. The molecule has 17 heavy (non-hydrogen) atoms. The van der Waals surface area contributed by atoms with Crippen LogP contribution in [-0.4, -0.2) is 60.0 Å². The SMILES string of the molecule is CN(C)CCN(C(=O)CC(=O)O)C1CCCC1. The summed E-state index contributed by atoms with van der Waals surface area (Å²) in [7, 11) is 3.91. The van der Waals surface area contributed by atoms with Gasteiger partial charge in [0.1, 0.15) is 6.42 Å². The van der Waals surface area contributed by atoms with E-state index < -0.39 is 5.97 Å². The summed E-state index contributed by atoms with van der Waals surface area (Å²) in [5, 5.41) is 8.70. The summed E-state index contributed by atoms with van der Waals surface area (Å²) in [4.78, 5) is 26.3. The molecule has 1 N–H and O–H groups in total. The summed E-state index contributed by atoms with van der Waals surface area (Å²) in [6.45, 7) is 1.41. The highest BCUT2D eigenvalue weighted by Gasteiger charge is 2.27. The van der Waals surface area contributed by atoms with Crippen LogP contribution >= 0.6 is 0 Å². The van der Waals surface area contributed by atoms with Crippen LogP contribution in [-0.2, 0) is 9.59 Å². The van der Waals surface area contributed by atoms with Gasteiger partial charge in [0.25, 0.3) is 0 Å². The van der Waals surface area contributed by atoms with Crippen LogP contribution in [0.3, 0.4) is 0 Å². The average molecular weight is 242 g/mol. The van der Waals surface area contributed by atoms with Gasteiger partial charge in [0.05, 0.1) is 0 Å². The number of carbonyl (C=O) groups excluding carboxylic acids is 1. The number of amides is 1. The molecule has 0 aromatic rings. The molecule has 1 aliphatic rings. The van der Waals surface area contributed by atoms with Gasteiger partial charge in [0.2, 0.25) is 5.91 Å². The van der Waals surface area contributed by atoms with E-state index in [2.05, 4.69) is 0 Å². The molecule has 1 saturated carbocycles. The predicted molar refractivity (Wildman–Crippen MR) is 64.8 cm³/mol. The Morgan fingerprint density at radius 2 is 1.76 bits per heavy atom. The van der Waals surface area contributed by atoms with Crippen molar-refractivity contribution in [3.63, 3.8) is 0 Å². The van der Waals surface area contributed by atoms with Gasteiger partial charge >= 0.3 is 5.97 Å². The van der Waals surface area contributed by atoms with E-state index in [-0.39, 0.29) is 18.4 Å². The molecule has 0 spiro atoms. The molecule has 0 heterocycles. The van der Waals surface area contributed by atoms with Gasteiger partial charge in [-0.25, -0.2) is 0 Å². The monoisotopic (exact) mass is 242 g/mol. The molecule has 0 saturated heterocycles. The van der Waals surface area contributed by atoms with Crippen molar-refractivity contribution in [1.29, 1.82) is 0 Å². The van der Waals surface area contributed by atoms with E-state index in [4.69, 9.17) is 5.11 Å². The van der Waals surface area contributed by atoms with E-state index >= 15 is 0 Å². The normalized spacial score (nSPS) is 16.4. The smallest absolute Gasteiger partial charge is 0.312 e. The Hall–Kier alpha value is -1.10. The Kier molecular flexibility index (Phi) is 5.41. The number of hydrogen-bond donors (Lipinski definition) is 1. The maximum Gasteiger partial charge on any atom is 0.312 e. The minimum absolute atomic E-state index is 0.244. The molecule has 1 rings (SSSR count). The largest absolute Gasteiger partial charge is 0.481 e. The molecule has 0 radical (unpaired) electrons. The fraction of sp³-hybridized carbons (Fsp3) is 0.833. The van der Waals surface area contributed by atoms with Crippen molar-refractivity contribution in [2.75, 3.05) is 27.2 Å². The van der Waals surface area contributed by atoms with Crippen molar-refractivity contribution in [3.8, 4) is 0 Å². The Morgan fingerprint density at radius 1 is 1.18 bits per heavy atom. The molecule has 0 aliphatic heterocycles. The summed E-state index contributed by atoms with van der Waals surface area (Å²) < 4.78 is 0. The lowest BCUT2D eigenvalue weighted by molar-refractivity contribution is -0.145. The Labute approximate surface area is 102 Å². The van der Waals surface area contributed by atoms with Crippen molar-refractivity contribution in [2.24, 2.45) is 0 Å². The first-order valence-electron chi connectivity index (χ1n) is 6.16. The van der Waals surface area contributed by atoms with Crippen LogP contribution in [0.4, 0.5) is 0 Å². The molecule has 1 amide bonds. The van der Waals surface area contributed by atoms with Crippen LogP contribution in [0, 0.1) is 0 Å². The standard InChI is InChI=1S/C12H22N2O3/c1-13(2)7-8-14(10-5-3-4-6-10)11(15)9-12(16)17/h10H,3-9H2,1-2H3,(H,16,17). The van der Waals surface area contributed by atoms with Gasteiger partial charge < -0.3 is 14.9 Å². The molecule has 1 aliphatic carbocycles. The molecule has 98 valence electrons. The third-order valence-corrected chi connectivity index (χ3v) is 3.18. The lowest BCUT2D eigenvalue weighted by Gasteiger charge is -2.29. The molecule has 0 unspecified atom stereocenters. The first-order chi connectivity index (χ1) is 8.00. The molecule has 5 heteroatoms. The van der Waals surface area contributed by atoms with Crippen LogP contribution in [0.2, 0.25) is 0 Å². The van der Waals surface area contributed by atoms with Crippen LogP contribution in [0.5, 0.6) is 0 Å². The molecule has 5 nitrogen and oxygen atoms in total.